The van der Waals surface area contributed by atoms with E-state index in [0.29, 0.717) is 6.10 Å². The van der Waals surface area contributed by atoms with Gasteiger partial charge in [0.15, 0.2) is 0 Å². The zero-order valence-corrected chi connectivity index (χ0v) is 7.96. The van der Waals surface area contributed by atoms with Crippen LogP contribution in [0.3, 0.4) is 0 Å². The zero-order valence-electron chi connectivity index (χ0n) is 7.96. The number of hydrogen-bond acceptors (Lipinski definition) is 2. The van der Waals surface area contributed by atoms with E-state index < -0.39 is 0 Å². The van der Waals surface area contributed by atoms with E-state index in [0.717, 1.165) is 13.0 Å². The molecule has 0 amide bonds. The fraction of sp³-hybridized carbons (Fsp3) is 0.800. The maximum atomic E-state index is 5.67. The number of hydrogen-bond donors (Lipinski definition) is 0. The molecule has 1 fully saturated rings. The van der Waals surface area contributed by atoms with E-state index >= 15 is 0 Å². The largest absolute Gasteiger partial charge is 0.378 e. The first-order valence-corrected chi connectivity index (χ1v) is 4.74. The van der Waals surface area contributed by atoms with Gasteiger partial charge in [-0.15, -0.1) is 6.58 Å². The highest BCUT2D eigenvalue weighted by molar-refractivity contribution is 4.71. The lowest BCUT2D eigenvalue weighted by Gasteiger charge is -2.28. The minimum Gasteiger partial charge on any atom is -0.378 e. The van der Waals surface area contributed by atoms with Gasteiger partial charge in [0.05, 0.1) is 12.7 Å². The molecule has 1 heterocycles. The molecule has 0 spiro atoms. The van der Waals surface area contributed by atoms with Crippen LogP contribution in [0.5, 0.6) is 0 Å². The van der Waals surface area contributed by atoms with Crippen LogP contribution in [0.2, 0.25) is 0 Å². The molecule has 70 valence electrons. The van der Waals surface area contributed by atoms with E-state index in [1.807, 2.05) is 6.08 Å². The van der Waals surface area contributed by atoms with Crippen molar-refractivity contribution in [2.45, 2.75) is 25.4 Å². The molecule has 0 unspecified atom stereocenters. The second-order valence-corrected chi connectivity index (χ2v) is 3.45. The second-order valence-electron chi connectivity index (χ2n) is 3.45. The van der Waals surface area contributed by atoms with Crippen LogP contribution >= 0.6 is 0 Å². The van der Waals surface area contributed by atoms with Crippen LogP contribution in [0.25, 0.3) is 0 Å². The van der Waals surface area contributed by atoms with Crippen molar-refractivity contribution in [1.29, 1.82) is 0 Å². The molecule has 12 heavy (non-hydrogen) atoms. The number of rotatable bonds is 4. The molecule has 1 aliphatic heterocycles. The number of piperidine rings is 1. The maximum Gasteiger partial charge on any atom is 0.0599 e. The van der Waals surface area contributed by atoms with Gasteiger partial charge in [-0.3, -0.25) is 0 Å². The van der Waals surface area contributed by atoms with Gasteiger partial charge in [0, 0.05) is 13.1 Å². The van der Waals surface area contributed by atoms with Crippen molar-refractivity contribution in [3.63, 3.8) is 0 Å². The summed E-state index contributed by atoms with van der Waals surface area (Å²) in [5, 5.41) is 0. The Morgan fingerprint density at radius 1 is 1.50 bits per heavy atom. The summed E-state index contributed by atoms with van der Waals surface area (Å²) in [6.45, 7) is 6.87. The standard InChI is InChI=1S/C10H19NO/c1-3-4-9-12-10-5-7-11(2)8-6-10/h3,10H,1,4-9H2,2H3. The minimum atomic E-state index is 0.501. The summed E-state index contributed by atoms with van der Waals surface area (Å²) in [4.78, 5) is 2.35. The van der Waals surface area contributed by atoms with Crippen molar-refractivity contribution in [2.75, 3.05) is 26.7 Å². The van der Waals surface area contributed by atoms with Crippen LogP contribution in [0.1, 0.15) is 19.3 Å². The lowest BCUT2D eigenvalue weighted by Crippen LogP contribution is -2.34. The first-order valence-electron chi connectivity index (χ1n) is 4.74. The van der Waals surface area contributed by atoms with Gasteiger partial charge in [-0.1, -0.05) is 6.08 Å². The monoisotopic (exact) mass is 169 g/mol. The van der Waals surface area contributed by atoms with E-state index in [4.69, 9.17) is 4.74 Å². The highest BCUT2D eigenvalue weighted by Crippen LogP contribution is 2.11. The van der Waals surface area contributed by atoms with E-state index in [-0.39, 0.29) is 0 Å². The van der Waals surface area contributed by atoms with Gasteiger partial charge in [-0.25, -0.2) is 0 Å². The molecule has 0 bridgehead atoms. The van der Waals surface area contributed by atoms with Crippen molar-refractivity contribution in [2.24, 2.45) is 0 Å². The van der Waals surface area contributed by atoms with Crippen molar-refractivity contribution in [1.82, 2.24) is 4.90 Å². The average Bonchev–Trinajstić information content (AvgIpc) is 2.09. The maximum absolute atomic E-state index is 5.67. The summed E-state index contributed by atoms with van der Waals surface area (Å²) in [6, 6.07) is 0. The van der Waals surface area contributed by atoms with Crippen LogP contribution in [-0.4, -0.2) is 37.7 Å². The number of nitrogens with zero attached hydrogens (tertiary/aromatic N) is 1. The Bertz CT molecular complexity index is 128. The van der Waals surface area contributed by atoms with Gasteiger partial charge in [-0.05, 0) is 26.3 Å². The third kappa shape index (κ3) is 3.37. The Kier molecular flexibility index (Phi) is 4.33. The number of likely N-dealkylation sites (tertiary alicyclic amines) is 1. The molecule has 1 saturated heterocycles. The van der Waals surface area contributed by atoms with Crippen LogP contribution < -0.4 is 0 Å². The Labute approximate surface area is 75.2 Å². The summed E-state index contributed by atoms with van der Waals surface area (Å²) < 4.78 is 5.67. The molecule has 2 nitrogen and oxygen atoms in total. The minimum absolute atomic E-state index is 0.501. The highest BCUT2D eigenvalue weighted by atomic mass is 16.5. The predicted molar refractivity (Wildman–Crippen MR) is 51.3 cm³/mol. The van der Waals surface area contributed by atoms with Crippen molar-refractivity contribution < 1.29 is 4.74 Å². The molecule has 0 aromatic carbocycles. The molecule has 0 radical (unpaired) electrons. The zero-order chi connectivity index (χ0) is 8.81. The van der Waals surface area contributed by atoms with E-state index in [2.05, 4.69) is 18.5 Å². The van der Waals surface area contributed by atoms with Crippen LogP contribution in [0.15, 0.2) is 12.7 Å². The normalized spacial score (nSPS) is 21.1. The molecule has 2 heteroatoms. The molecule has 1 rings (SSSR count). The second kappa shape index (κ2) is 5.33. The number of ether oxygens (including phenoxy) is 1. The summed E-state index contributed by atoms with van der Waals surface area (Å²) in [6.07, 6.45) is 5.77. The van der Waals surface area contributed by atoms with E-state index in [9.17, 15) is 0 Å². The molecule has 1 aliphatic rings. The predicted octanol–water partition coefficient (Wildman–Crippen LogP) is 1.67. The van der Waals surface area contributed by atoms with Crippen LogP contribution in [0.4, 0.5) is 0 Å². The summed E-state index contributed by atoms with van der Waals surface area (Å²) in [5.41, 5.74) is 0. The molecular weight excluding hydrogens is 150 g/mol. The van der Waals surface area contributed by atoms with Gasteiger partial charge in [-0.2, -0.15) is 0 Å². The Hall–Kier alpha value is -0.340. The SMILES string of the molecule is C=CCCOC1CCN(C)CC1. The van der Waals surface area contributed by atoms with Gasteiger partial charge < -0.3 is 9.64 Å². The third-order valence-electron chi connectivity index (χ3n) is 2.34. The molecule has 0 saturated carbocycles. The highest BCUT2D eigenvalue weighted by Gasteiger charge is 2.15. The molecule has 0 aliphatic carbocycles. The van der Waals surface area contributed by atoms with E-state index in [1.165, 1.54) is 25.9 Å². The van der Waals surface area contributed by atoms with Gasteiger partial charge >= 0.3 is 0 Å². The summed E-state index contributed by atoms with van der Waals surface area (Å²) in [7, 11) is 2.17. The summed E-state index contributed by atoms with van der Waals surface area (Å²) >= 11 is 0. The summed E-state index contributed by atoms with van der Waals surface area (Å²) in [5.74, 6) is 0. The van der Waals surface area contributed by atoms with Crippen molar-refractivity contribution in [3.8, 4) is 0 Å². The smallest absolute Gasteiger partial charge is 0.0599 e. The first-order chi connectivity index (χ1) is 5.83. The lowest BCUT2D eigenvalue weighted by atomic mass is 10.1. The fourth-order valence-electron chi connectivity index (χ4n) is 1.47. The molecule has 0 atom stereocenters. The quantitative estimate of drug-likeness (QED) is 0.469. The average molecular weight is 169 g/mol. The fourth-order valence-corrected chi connectivity index (χ4v) is 1.47. The third-order valence-corrected chi connectivity index (χ3v) is 2.34. The molecular formula is C10H19NO. The van der Waals surface area contributed by atoms with Crippen LogP contribution in [0, 0.1) is 0 Å². The lowest BCUT2D eigenvalue weighted by molar-refractivity contribution is 0.0149. The Balaban J connectivity index is 2.05. The Morgan fingerprint density at radius 2 is 2.17 bits per heavy atom. The molecule has 0 aromatic heterocycles. The van der Waals surface area contributed by atoms with Crippen molar-refractivity contribution >= 4 is 0 Å². The van der Waals surface area contributed by atoms with Gasteiger partial charge in [0.1, 0.15) is 0 Å². The first kappa shape index (κ1) is 9.75. The van der Waals surface area contributed by atoms with Gasteiger partial charge in [0.2, 0.25) is 0 Å². The van der Waals surface area contributed by atoms with Crippen molar-refractivity contribution in [3.05, 3.63) is 12.7 Å². The molecule has 0 aromatic rings. The Morgan fingerprint density at radius 3 is 2.75 bits per heavy atom. The van der Waals surface area contributed by atoms with Crippen LogP contribution in [-0.2, 0) is 4.74 Å². The van der Waals surface area contributed by atoms with Gasteiger partial charge in [0.25, 0.3) is 0 Å². The molecule has 0 N–H and O–H groups in total. The topological polar surface area (TPSA) is 12.5 Å². The van der Waals surface area contributed by atoms with E-state index in [1.54, 1.807) is 0 Å².